The minimum atomic E-state index is -0.398. The maximum Gasteiger partial charge on any atom is 0.248 e. The Kier molecular flexibility index (Phi) is 4.91. The van der Waals surface area contributed by atoms with Crippen molar-refractivity contribution < 1.29 is 14.3 Å². The summed E-state index contributed by atoms with van der Waals surface area (Å²) < 4.78 is 12.8. The molecule has 0 aromatic heterocycles. The number of aryl methyl sites for hydroxylation is 1. The van der Waals surface area contributed by atoms with Crippen LogP contribution in [0.2, 0.25) is 0 Å². The van der Waals surface area contributed by atoms with E-state index in [2.05, 4.69) is 0 Å². The quantitative estimate of drug-likeness (QED) is 0.904. The highest BCUT2D eigenvalue weighted by atomic mass is 19.1. The summed E-state index contributed by atoms with van der Waals surface area (Å²) >= 11 is 0. The number of hydrogen-bond acceptors (Lipinski definition) is 2. The molecule has 2 rings (SSSR count). The lowest BCUT2D eigenvalue weighted by Gasteiger charge is -2.32. The van der Waals surface area contributed by atoms with Crippen molar-refractivity contribution in [2.24, 2.45) is 5.92 Å². The van der Waals surface area contributed by atoms with E-state index < -0.39 is 6.61 Å². The number of aliphatic hydroxyl groups is 1. The minimum absolute atomic E-state index is 0.175. The van der Waals surface area contributed by atoms with Crippen LogP contribution in [-0.2, 0) is 11.2 Å². The lowest BCUT2D eigenvalue weighted by atomic mass is 9.91. The lowest BCUT2D eigenvalue weighted by Crippen LogP contribution is -2.41. The minimum Gasteiger partial charge on any atom is -0.387 e. The van der Waals surface area contributed by atoms with Gasteiger partial charge in [0.1, 0.15) is 12.4 Å². The summed E-state index contributed by atoms with van der Waals surface area (Å²) in [4.78, 5) is 13.2. The molecule has 4 heteroatoms. The maximum atomic E-state index is 12.8. The third-order valence-corrected chi connectivity index (χ3v) is 3.76. The summed E-state index contributed by atoms with van der Waals surface area (Å²) in [6.07, 6.45) is 4.03. The third kappa shape index (κ3) is 4.03. The molecule has 1 aliphatic rings. The molecule has 1 aromatic rings. The van der Waals surface area contributed by atoms with Crippen LogP contribution in [0.3, 0.4) is 0 Å². The molecule has 0 aliphatic carbocycles. The fourth-order valence-corrected chi connectivity index (χ4v) is 2.65. The number of hydrogen-bond donors (Lipinski definition) is 1. The molecule has 1 aliphatic heterocycles. The second-order valence-electron chi connectivity index (χ2n) is 5.17. The zero-order chi connectivity index (χ0) is 13.7. The van der Waals surface area contributed by atoms with Crippen molar-refractivity contribution in [1.29, 1.82) is 0 Å². The van der Waals surface area contributed by atoms with Gasteiger partial charge in [-0.05, 0) is 49.3 Å². The third-order valence-electron chi connectivity index (χ3n) is 3.76. The number of carbonyl (C=O) groups excluding carboxylic acids is 1. The zero-order valence-corrected chi connectivity index (χ0v) is 11.0. The molecule has 19 heavy (non-hydrogen) atoms. The van der Waals surface area contributed by atoms with Crippen LogP contribution < -0.4 is 0 Å². The highest BCUT2D eigenvalue weighted by molar-refractivity contribution is 5.77. The topological polar surface area (TPSA) is 40.5 Å². The Morgan fingerprint density at radius 1 is 1.37 bits per heavy atom. The molecule has 0 radical (unpaired) electrons. The van der Waals surface area contributed by atoms with Gasteiger partial charge >= 0.3 is 0 Å². The van der Waals surface area contributed by atoms with Crippen molar-refractivity contribution in [3.63, 3.8) is 0 Å². The standard InChI is InChI=1S/C15H20FNO2/c16-14-7-5-12(6-8-14)3-4-13-2-1-9-17(10-13)15(19)11-18/h5-8,13,18H,1-4,9-11H2/t13-/m1/s1. The van der Waals surface area contributed by atoms with Crippen LogP contribution in [0.15, 0.2) is 24.3 Å². The van der Waals surface area contributed by atoms with Crippen LogP contribution in [0.4, 0.5) is 4.39 Å². The number of nitrogens with zero attached hydrogens (tertiary/aromatic N) is 1. The highest BCUT2D eigenvalue weighted by Crippen LogP contribution is 2.21. The van der Waals surface area contributed by atoms with E-state index in [1.807, 2.05) is 12.1 Å². The molecule has 1 aromatic carbocycles. The lowest BCUT2D eigenvalue weighted by molar-refractivity contribution is -0.136. The average molecular weight is 265 g/mol. The van der Waals surface area contributed by atoms with Crippen molar-refractivity contribution >= 4 is 5.91 Å². The van der Waals surface area contributed by atoms with Crippen LogP contribution >= 0.6 is 0 Å². The molecule has 0 unspecified atom stereocenters. The molecule has 1 saturated heterocycles. The maximum absolute atomic E-state index is 12.8. The number of likely N-dealkylation sites (tertiary alicyclic amines) is 1. The van der Waals surface area contributed by atoms with Crippen molar-refractivity contribution in [3.05, 3.63) is 35.6 Å². The number of amides is 1. The Labute approximate surface area is 113 Å². The average Bonchev–Trinajstić information content (AvgIpc) is 2.46. The van der Waals surface area contributed by atoms with Gasteiger partial charge in [0.15, 0.2) is 0 Å². The number of aliphatic hydroxyl groups excluding tert-OH is 1. The molecule has 104 valence electrons. The first kappa shape index (κ1) is 14.0. The van der Waals surface area contributed by atoms with E-state index in [0.29, 0.717) is 5.92 Å². The van der Waals surface area contributed by atoms with E-state index in [9.17, 15) is 9.18 Å². The van der Waals surface area contributed by atoms with Gasteiger partial charge in [0.2, 0.25) is 5.91 Å². The molecule has 1 amide bonds. The molecular weight excluding hydrogens is 245 g/mol. The largest absolute Gasteiger partial charge is 0.387 e. The predicted molar refractivity (Wildman–Crippen MR) is 71.1 cm³/mol. The van der Waals surface area contributed by atoms with Crippen molar-refractivity contribution in [1.82, 2.24) is 4.90 Å². The van der Waals surface area contributed by atoms with E-state index in [0.717, 1.165) is 44.3 Å². The molecule has 1 heterocycles. The summed E-state index contributed by atoms with van der Waals surface area (Å²) in [6.45, 7) is 1.09. The smallest absolute Gasteiger partial charge is 0.248 e. The summed E-state index contributed by atoms with van der Waals surface area (Å²) in [7, 11) is 0. The van der Waals surface area contributed by atoms with Crippen molar-refractivity contribution in [2.45, 2.75) is 25.7 Å². The molecule has 0 bridgehead atoms. The molecule has 1 fully saturated rings. The van der Waals surface area contributed by atoms with Gasteiger partial charge < -0.3 is 10.0 Å². The van der Waals surface area contributed by atoms with Crippen LogP contribution in [0.25, 0.3) is 0 Å². The van der Waals surface area contributed by atoms with Crippen molar-refractivity contribution in [2.75, 3.05) is 19.7 Å². The van der Waals surface area contributed by atoms with Crippen LogP contribution in [0.5, 0.6) is 0 Å². The van der Waals surface area contributed by atoms with E-state index >= 15 is 0 Å². The second kappa shape index (κ2) is 6.66. The van der Waals surface area contributed by atoms with Gasteiger partial charge in [-0.25, -0.2) is 4.39 Å². The zero-order valence-electron chi connectivity index (χ0n) is 11.0. The number of rotatable bonds is 4. The first-order valence-corrected chi connectivity index (χ1v) is 6.82. The Hall–Kier alpha value is -1.42. The van der Waals surface area contributed by atoms with Crippen molar-refractivity contribution in [3.8, 4) is 0 Å². The highest BCUT2D eigenvalue weighted by Gasteiger charge is 2.22. The normalized spacial score (nSPS) is 19.5. The fraction of sp³-hybridized carbons (Fsp3) is 0.533. The molecule has 1 atom stereocenters. The van der Waals surface area contributed by atoms with E-state index in [-0.39, 0.29) is 11.7 Å². The molecule has 0 saturated carbocycles. The summed E-state index contributed by atoms with van der Waals surface area (Å²) in [5.74, 6) is 0.0990. The van der Waals surface area contributed by atoms with Crippen LogP contribution in [0, 0.1) is 11.7 Å². The Morgan fingerprint density at radius 3 is 2.79 bits per heavy atom. The van der Waals surface area contributed by atoms with Gasteiger partial charge in [-0.2, -0.15) is 0 Å². The summed E-state index contributed by atoms with van der Waals surface area (Å²) in [5, 5.41) is 8.88. The summed E-state index contributed by atoms with van der Waals surface area (Å²) in [5.41, 5.74) is 1.13. The molecular formula is C15H20FNO2. The monoisotopic (exact) mass is 265 g/mol. The fourth-order valence-electron chi connectivity index (χ4n) is 2.65. The first-order valence-electron chi connectivity index (χ1n) is 6.82. The number of piperidine rings is 1. The molecule has 0 spiro atoms. The molecule has 3 nitrogen and oxygen atoms in total. The first-order chi connectivity index (χ1) is 9.19. The number of halogens is 1. The second-order valence-corrected chi connectivity index (χ2v) is 5.17. The SMILES string of the molecule is O=C(CO)N1CCC[C@H](CCc2ccc(F)cc2)C1. The van der Waals surface area contributed by atoms with E-state index in [1.54, 1.807) is 4.90 Å². The van der Waals surface area contributed by atoms with Gasteiger partial charge in [0, 0.05) is 13.1 Å². The Bertz CT molecular complexity index is 419. The van der Waals surface area contributed by atoms with Crippen LogP contribution in [0.1, 0.15) is 24.8 Å². The van der Waals surface area contributed by atoms with Gasteiger partial charge in [-0.15, -0.1) is 0 Å². The van der Waals surface area contributed by atoms with Gasteiger partial charge in [-0.3, -0.25) is 4.79 Å². The van der Waals surface area contributed by atoms with E-state index in [1.165, 1.54) is 12.1 Å². The number of benzene rings is 1. The summed E-state index contributed by atoms with van der Waals surface area (Å²) in [6, 6.07) is 6.60. The Balaban J connectivity index is 1.82. The predicted octanol–water partition coefficient (Wildman–Crippen LogP) is 1.99. The number of carbonyl (C=O) groups is 1. The van der Waals surface area contributed by atoms with Gasteiger partial charge in [0.05, 0.1) is 0 Å². The molecule has 1 N–H and O–H groups in total. The van der Waals surface area contributed by atoms with Crippen LogP contribution in [-0.4, -0.2) is 35.6 Å². The van der Waals surface area contributed by atoms with Gasteiger partial charge in [-0.1, -0.05) is 12.1 Å². The Morgan fingerprint density at radius 2 is 2.11 bits per heavy atom. The van der Waals surface area contributed by atoms with E-state index in [4.69, 9.17) is 5.11 Å². The van der Waals surface area contributed by atoms with Gasteiger partial charge in [0.25, 0.3) is 0 Å².